The van der Waals surface area contributed by atoms with Gasteiger partial charge in [-0.05, 0) is 59.3 Å². The predicted octanol–water partition coefficient (Wildman–Crippen LogP) is 3.34. The Bertz CT molecular complexity index is 575. The Labute approximate surface area is 126 Å². The number of hydrogen-bond donors (Lipinski definition) is 2. The van der Waals surface area contributed by atoms with Gasteiger partial charge in [0.15, 0.2) is 0 Å². The summed E-state index contributed by atoms with van der Waals surface area (Å²) >= 11 is 2.23. The van der Waals surface area contributed by atoms with Crippen LogP contribution in [0.1, 0.15) is 23.8 Å². The summed E-state index contributed by atoms with van der Waals surface area (Å²) < 4.78 is 3.02. The van der Waals surface area contributed by atoms with Crippen molar-refractivity contribution >= 4 is 39.9 Å². The molecule has 0 radical (unpaired) electrons. The van der Waals surface area contributed by atoms with Crippen LogP contribution in [0.15, 0.2) is 36.5 Å². The molecule has 0 saturated heterocycles. The largest absolute Gasteiger partial charge is 0.397 e. The fourth-order valence-electron chi connectivity index (χ4n) is 1.88. The molecule has 3 N–H and O–H groups in total. The van der Waals surface area contributed by atoms with Crippen molar-refractivity contribution in [2.24, 2.45) is 0 Å². The van der Waals surface area contributed by atoms with Gasteiger partial charge in [-0.25, -0.2) is 0 Å². The van der Waals surface area contributed by atoms with Crippen LogP contribution in [-0.2, 0) is 6.54 Å². The number of aryl methyl sites for hydroxylation is 1. The van der Waals surface area contributed by atoms with Crippen molar-refractivity contribution in [1.82, 2.24) is 4.57 Å². The van der Waals surface area contributed by atoms with Crippen LogP contribution in [0.25, 0.3) is 0 Å². The van der Waals surface area contributed by atoms with Crippen LogP contribution in [0.4, 0.5) is 11.4 Å². The van der Waals surface area contributed by atoms with Crippen LogP contribution in [-0.4, -0.2) is 10.5 Å². The molecule has 1 amide bonds. The van der Waals surface area contributed by atoms with Crippen molar-refractivity contribution in [3.8, 4) is 0 Å². The van der Waals surface area contributed by atoms with E-state index in [0.29, 0.717) is 11.4 Å². The lowest BCUT2D eigenvalue weighted by atomic mass is 10.3. The van der Waals surface area contributed by atoms with Crippen LogP contribution >= 0.6 is 22.6 Å². The zero-order valence-corrected chi connectivity index (χ0v) is 12.8. The van der Waals surface area contributed by atoms with E-state index in [9.17, 15) is 4.79 Å². The van der Waals surface area contributed by atoms with E-state index in [1.165, 1.54) is 0 Å². The van der Waals surface area contributed by atoms with Crippen molar-refractivity contribution in [3.63, 3.8) is 0 Å². The summed E-state index contributed by atoms with van der Waals surface area (Å²) in [5.41, 5.74) is 7.75. The Morgan fingerprint density at radius 2 is 2.05 bits per heavy atom. The predicted molar refractivity (Wildman–Crippen MR) is 86.2 cm³/mol. The normalized spacial score (nSPS) is 10.4. The van der Waals surface area contributed by atoms with E-state index in [2.05, 4.69) is 34.8 Å². The van der Waals surface area contributed by atoms with Gasteiger partial charge in [-0.2, -0.15) is 0 Å². The Kier molecular flexibility index (Phi) is 4.47. The molecule has 0 bridgehead atoms. The number of carbonyl (C=O) groups is 1. The molecule has 0 fully saturated rings. The minimum Gasteiger partial charge on any atom is -0.397 e. The number of hydrogen-bond acceptors (Lipinski definition) is 2. The van der Waals surface area contributed by atoms with Gasteiger partial charge >= 0.3 is 0 Å². The third-order valence-electron chi connectivity index (χ3n) is 2.72. The average Bonchev–Trinajstić information content (AvgIpc) is 2.74. The first-order chi connectivity index (χ1) is 9.10. The average molecular weight is 369 g/mol. The lowest BCUT2D eigenvalue weighted by Crippen LogP contribution is -2.16. The maximum Gasteiger partial charge on any atom is 0.272 e. The summed E-state index contributed by atoms with van der Waals surface area (Å²) in [6.07, 6.45) is 2.75. The molecule has 4 nitrogen and oxygen atoms in total. The van der Waals surface area contributed by atoms with E-state index in [1.54, 1.807) is 12.3 Å². The van der Waals surface area contributed by atoms with Crippen LogP contribution in [0.5, 0.6) is 0 Å². The first-order valence-corrected chi connectivity index (χ1v) is 7.20. The Morgan fingerprint density at radius 3 is 2.68 bits per heavy atom. The third kappa shape index (κ3) is 3.50. The smallest absolute Gasteiger partial charge is 0.272 e. The molecule has 0 saturated carbocycles. The van der Waals surface area contributed by atoms with Gasteiger partial charge in [0, 0.05) is 22.0 Å². The zero-order chi connectivity index (χ0) is 13.8. The molecule has 1 heterocycles. The molecular weight excluding hydrogens is 353 g/mol. The number of rotatable bonds is 4. The zero-order valence-electron chi connectivity index (χ0n) is 10.7. The summed E-state index contributed by atoms with van der Waals surface area (Å²) in [5, 5.41) is 2.88. The summed E-state index contributed by atoms with van der Waals surface area (Å²) in [6.45, 7) is 2.85. The van der Waals surface area contributed by atoms with E-state index < -0.39 is 0 Å². The lowest BCUT2D eigenvalue weighted by molar-refractivity contribution is 0.101. The molecular formula is C14H16IN3O. The molecule has 0 atom stereocenters. The molecule has 0 aliphatic rings. The van der Waals surface area contributed by atoms with Crippen molar-refractivity contribution in [3.05, 3.63) is 45.8 Å². The van der Waals surface area contributed by atoms with E-state index in [-0.39, 0.29) is 5.91 Å². The molecule has 0 aliphatic heterocycles. The number of nitrogens with zero attached hydrogens (tertiary/aromatic N) is 1. The number of carbonyl (C=O) groups excluding carboxylic acids is 1. The van der Waals surface area contributed by atoms with Crippen LogP contribution in [0, 0.1) is 3.57 Å². The van der Waals surface area contributed by atoms with Gasteiger partial charge in [-0.15, -0.1) is 0 Å². The second-order valence-corrected chi connectivity index (χ2v) is 5.56. The van der Waals surface area contributed by atoms with Gasteiger partial charge in [0.05, 0.1) is 5.69 Å². The van der Waals surface area contributed by atoms with E-state index in [4.69, 9.17) is 5.73 Å². The Morgan fingerprint density at radius 1 is 1.37 bits per heavy atom. The van der Waals surface area contributed by atoms with Crippen LogP contribution < -0.4 is 11.1 Å². The fraction of sp³-hybridized carbons (Fsp3) is 0.214. The Balaban J connectivity index is 2.17. The molecule has 5 heteroatoms. The van der Waals surface area contributed by atoms with E-state index in [0.717, 1.165) is 22.2 Å². The second kappa shape index (κ2) is 6.10. The second-order valence-electron chi connectivity index (χ2n) is 4.31. The van der Waals surface area contributed by atoms with Crippen LogP contribution in [0.2, 0.25) is 0 Å². The topological polar surface area (TPSA) is 60.0 Å². The number of nitrogens with two attached hydrogens (primary N) is 1. The number of aromatic nitrogens is 1. The molecule has 2 aromatic rings. The van der Waals surface area contributed by atoms with Crippen molar-refractivity contribution in [2.75, 3.05) is 11.1 Å². The van der Waals surface area contributed by atoms with Gasteiger partial charge in [0.1, 0.15) is 5.69 Å². The van der Waals surface area contributed by atoms with Crippen molar-refractivity contribution < 1.29 is 4.79 Å². The van der Waals surface area contributed by atoms with Gasteiger partial charge in [0.2, 0.25) is 0 Å². The summed E-state index contributed by atoms with van der Waals surface area (Å²) in [6, 6.07) is 9.38. The molecule has 1 aromatic carbocycles. The van der Waals surface area contributed by atoms with Crippen LogP contribution in [0.3, 0.4) is 0 Å². The Hall–Kier alpha value is -1.50. The highest BCUT2D eigenvalue weighted by Crippen LogP contribution is 2.15. The number of nitrogens with one attached hydrogen (secondary N) is 1. The fourth-order valence-corrected chi connectivity index (χ4v) is 2.24. The monoisotopic (exact) mass is 369 g/mol. The quantitative estimate of drug-likeness (QED) is 0.813. The van der Waals surface area contributed by atoms with Crippen molar-refractivity contribution in [2.45, 2.75) is 19.9 Å². The highest BCUT2D eigenvalue weighted by atomic mass is 127. The summed E-state index contributed by atoms with van der Waals surface area (Å²) in [4.78, 5) is 12.2. The minimum absolute atomic E-state index is 0.133. The maximum atomic E-state index is 12.2. The molecule has 100 valence electrons. The third-order valence-corrected chi connectivity index (χ3v) is 3.44. The van der Waals surface area contributed by atoms with Gasteiger partial charge in [-0.1, -0.05) is 6.92 Å². The summed E-state index contributed by atoms with van der Waals surface area (Å²) in [5.74, 6) is -0.133. The number of benzene rings is 1. The highest BCUT2D eigenvalue weighted by Gasteiger charge is 2.12. The molecule has 0 spiro atoms. The minimum atomic E-state index is -0.133. The van der Waals surface area contributed by atoms with E-state index in [1.807, 2.05) is 28.8 Å². The molecule has 2 rings (SSSR count). The van der Waals surface area contributed by atoms with Crippen molar-refractivity contribution in [1.29, 1.82) is 0 Å². The molecule has 0 unspecified atom stereocenters. The van der Waals surface area contributed by atoms with Gasteiger partial charge in [0.25, 0.3) is 5.91 Å². The first kappa shape index (κ1) is 13.9. The number of nitrogen functional groups attached to an aromatic ring is 1. The number of halogens is 1. The van der Waals surface area contributed by atoms with Gasteiger partial charge in [-0.3, -0.25) is 4.79 Å². The van der Waals surface area contributed by atoms with E-state index >= 15 is 0 Å². The lowest BCUT2D eigenvalue weighted by Gasteiger charge is -2.08. The number of amides is 1. The first-order valence-electron chi connectivity index (χ1n) is 6.12. The standard InChI is InChI=1S/C14H16IN3O/c1-2-7-18-9-11(16)8-13(18)14(19)17-12-5-3-10(15)4-6-12/h3-6,8-9H,2,7,16H2,1H3,(H,17,19). The summed E-state index contributed by atoms with van der Waals surface area (Å²) in [7, 11) is 0. The molecule has 1 aromatic heterocycles. The maximum absolute atomic E-state index is 12.2. The molecule has 19 heavy (non-hydrogen) atoms. The number of anilines is 2. The van der Waals surface area contributed by atoms with Gasteiger partial charge < -0.3 is 15.6 Å². The SMILES string of the molecule is CCCn1cc(N)cc1C(=O)Nc1ccc(I)cc1. The molecule has 0 aliphatic carbocycles. The highest BCUT2D eigenvalue weighted by molar-refractivity contribution is 14.1.